The number of hydrogen-bond acceptors (Lipinski definition) is 8. The molecule has 0 radical (unpaired) electrons. The SMILES string of the molecule is CC(=O)C1=CC(Cc2cc(C(C)C)c3c(c2O)C(=O)C2=C(O)[C@@]4(O)C(=O)C(C(C)=O)=C(O)C(C(C)C)[C@@]4(C)C[C@@]2(C)C3)C=C1. The van der Waals surface area contributed by atoms with Gasteiger partial charge in [-0.3, -0.25) is 19.2 Å². The van der Waals surface area contributed by atoms with Gasteiger partial charge in [0, 0.05) is 33.8 Å². The molecule has 0 saturated carbocycles. The third-order valence-electron chi connectivity index (χ3n) is 10.5. The molecule has 4 aliphatic rings. The van der Waals surface area contributed by atoms with Crippen molar-refractivity contribution in [3.05, 3.63) is 74.8 Å². The normalized spacial score (nSPS) is 31.4. The molecule has 8 nitrogen and oxygen atoms in total. The number of rotatable bonds is 6. The summed E-state index contributed by atoms with van der Waals surface area (Å²) in [6, 6.07) is 1.91. The van der Waals surface area contributed by atoms with Crippen LogP contribution in [-0.2, 0) is 27.2 Å². The first-order valence-electron chi connectivity index (χ1n) is 15.3. The van der Waals surface area contributed by atoms with Gasteiger partial charge in [-0.2, -0.15) is 0 Å². The van der Waals surface area contributed by atoms with Crippen molar-refractivity contribution in [2.75, 3.05) is 0 Å². The highest BCUT2D eigenvalue weighted by Crippen LogP contribution is 2.65. The Labute approximate surface area is 257 Å². The molecule has 234 valence electrons. The number of phenols is 1. The average molecular weight is 603 g/mol. The largest absolute Gasteiger partial charge is 0.511 e. The Balaban J connectivity index is 1.74. The maximum Gasteiger partial charge on any atom is 0.209 e. The van der Waals surface area contributed by atoms with Crippen molar-refractivity contribution in [3.63, 3.8) is 0 Å². The molecule has 5 atom stereocenters. The number of hydrogen-bond donors (Lipinski definition) is 4. The summed E-state index contributed by atoms with van der Waals surface area (Å²) < 4.78 is 0. The van der Waals surface area contributed by atoms with Gasteiger partial charge in [0.1, 0.15) is 22.8 Å². The van der Waals surface area contributed by atoms with Crippen molar-refractivity contribution in [1.29, 1.82) is 0 Å². The van der Waals surface area contributed by atoms with E-state index < -0.39 is 56.8 Å². The van der Waals surface area contributed by atoms with E-state index in [4.69, 9.17) is 0 Å². The number of ketones is 4. The van der Waals surface area contributed by atoms with E-state index in [9.17, 15) is 39.6 Å². The molecule has 0 spiro atoms. The molecule has 4 aliphatic carbocycles. The second kappa shape index (κ2) is 10.1. The summed E-state index contributed by atoms with van der Waals surface area (Å²) in [4.78, 5) is 52.9. The van der Waals surface area contributed by atoms with Crippen LogP contribution in [0.15, 0.2) is 52.5 Å². The summed E-state index contributed by atoms with van der Waals surface area (Å²) in [7, 11) is 0. The summed E-state index contributed by atoms with van der Waals surface area (Å²) in [6.07, 6.45) is 6.08. The van der Waals surface area contributed by atoms with Crippen molar-refractivity contribution in [3.8, 4) is 5.75 Å². The molecular weight excluding hydrogens is 560 g/mol. The van der Waals surface area contributed by atoms with Crippen molar-refractivity contribution in [1.82, 2.24) is 0 Å². The van der Waals surface area contributed by atoms with Crippen molar-refractivity contribution >= 4 is 23.1 Å². The zero-order valence-electron chi connectivity index (χ0n) is 26.7. The molecule has 2 unspecified atom stereocenters. The van der Waals surface area contributed by atoms with Gasteiger partial charge in [-0.05, 0) is 61.6 Å². The Morgan fingerprint density at radius 2 is 1.66 bits per heavy atom. The van der Waals surface area contributed by atoms with Crippen LogP contribution in [-0.4, -0.2) is 49.2 Å². The minimum atomic E-state index is -2.65. The molecule has 1 aromatic rings. The van der Waals surface area contributed by atoms with Crippen LogP contribution in [0.5, 0.6) is 5.75 Å². The highest BCUT2D eigenvalue weighted by molar-refractivity contribution is 6.25. The van der Waals surface area contributed by atoms with E-state index >= 15 is 0 Å². The number of aliphatic hydroxyl groups excluding tert-OH is 2. The van der Waals surface area contributed by atoms with Gasteiger partial charge in [0.25, 0.3) is 0 Å². The van der Waals surface area contributed by atoms with Crippen LogP contribution in [0.1, 0.15) is 94.8 Å². The number of carbonyl (C=O) groups is 4. The van der Waals surface area contributed by atoms with Crippen LogP contribution in [0.2, 0.25) is 0 Å². The minimum Gasteiger partial charge on any atom is -0.511 e. The van der Waals surface area contributed by atoms with E-state index in [0.717, 1.165) is 12.5 Å². The van der Waals surface area contributed by atoms with Crippen LogP contribution in [0.25, 0.3) is 0 Å². The number of benzene rings is 1. The van der Waals surface area contributed by atoms with Crippen LogP contribution >= 0.6 is 0 Å². The van der Waals surface area contributed by atoms with E-state index in [1.54, 1.807) is 19.9 Å². The second-order valence-corrected chi connectivity index (χ2v) is 14.3. The van der Waals surface area contributed by atoms with Crippen LogP contribution < -0.4 is 0 Å². The van der Waals surface area contributed by atoms with E-state index in [0.29, 0.717) is 23.1 Å². The molecule has 8 heteroatoms. The molecular formula is C36H42O8. The first-order chi connectivity index (χ1) is 20.3. The maximum atomic E-state index is 14.5. The highest BCUT2D eigenvalue weighted by Gasteiger charge is 2.71. The number of aliphatic hydroxyl groups is 3. The van der Waals surface area contributed by atoms with Gasteiger partial charge in [0.05, 0.1) is 5.56 Å². The quantitative estimate of drug-likeness (QED) is 0.302. The van der Waals surface area contributed by atoms with Crippen LogP contribution in [0, 0.1) is 28.6 Å². The number of phenolic OH excluding ortho intramolecular Hbond substituents is 1. The maximum absolute atomic E-state index is 14.5. The lowest BCUT2D eigenvalue weighted by atomic mass is 9.44. The van der Waals surface area contributed by atoms with Crippen molar-refractivity contribution < 1.29 is 39.6 Å². The summed E-state index contributed by atoms with van der Waals surface area (Å²) in [6.45, 7) is 13.7. The molecule has 0 saturated heterocycles. The lowest BCUT2D eigenvalue weighted by molar-refractivity contribution is -0.171. The summed E-state index contributed by atoms with van der Waals surface area (Å²) in [5, 5.41) is 47.1. The summed E-state index contributed by atoms with van der Waals surface area (Å²) >= 11 is 0. The van der Waals surface area contributed by atoms with Gasteiger partial charge in [-0.1, -0.05) is 65.8 Å². The van der Waals surface area contributed by atoms with E-state index in [-0.39, 0.29) is 53.3 Å². The Kier molecular flexibility index (Phi) is 7.28. The monoisotopic (exact) mass is 602 g/mol. The predicted molar refractivity (Wildman–Crippen MR) is 164 cm³/mol. The third kappa shape index (κ3) is 4.13. The molecule has 44 heavy (non-hydrogen) atoms. The third-order valence-corrected chi connectivity index (χ3v) is 10.5. The molecule has 5 rings (SSSR count). The molecule has 0 aliphatic heterocycles. The fourth-order valence-corrected chi connectivity index (χ4v) is 8.74. The van der Waals surface area contributed by atoms with Gasteiger partial charge < -0.3 is 20.4 Å². The molecule has 0 fully saturated rings. The first kappa shape index (κ1) is 31.6. The standard InChI is InChI=1S/C36H42O8/c1-16(2)23-13-22(12-20-9-10-21(11-20)18(5)37)29(39)26-24(23)14-34(7)15-35(8)27(17(3)4)30(40)25(19(6)38)32(42)36(35,44)33(43)28(34)31(26)41/h9-11,13,16-17,20,27,39-40,43-44H,12,14-15H2,1-8H3/t20?,27?,34-,35-,36+/m1/s1. The van der Waals surface area contributed by atoms with Crippen LogP contribution in [0.3, 0.4) is 0 Å². The molecule has 4 N–H and O–H groups in total. The van der Waals surface area contributed by atoms with Gasteiger partial charge >= 0.3 is 0 Å². The molecule has 1 aromatic carbocycles. The zero-order chi connectivity index (χ0) is 32.8. The molecule has 0 amide bonds. The fourth-order valence-electron chi connectivity index (χ4n) is 8.74. The van der Waals surface area contributed by atoms with E-state index in [1.807, 2.05) is 45.9 Å². The van der Waals surface area contributed by atoms with E-state index in [2.05, 4.69) is 0 Å². The molecule has 0 aromatic heterocycles. The van der Waals surface area contributed by atoms with E-state index in [1.165, 1.54) is 6.92 Å². The lowest BCUT2D eigenvalue weighted by Crippen LogP contribution is -2.67. The fraction of sp³-hybridized carbons (Fsp3) is 0.500. The van der Waals surface area contributed by atoms with Gasteiger partial charge in [-0.15, -0.1) is 0 Å². The Bertz CT molecular complexity index is 1670. The first-order valence-corrected chi connectivity index (χ1v) is 15.3. The summed E-state index contributed by atoms with van der Waals surface area (Å²) in [5.74, 6) is -5.46. The van der Waals surface area contributed by atoms with Gasteiger partial charge in [0.2, 0.25) is 5.78 Å². The lowest BCUT2D eigenvalue weighted by Gasteiger charge is -2.59. The molecule has 0 heterocycles. The van der Waals surface area contributed by atoms with Gasteiger partial charge in [-0.25, -0.2) is 0 Å². The number of Topliss-reactive ketones (excluding diaryl/α,β-unsaturated/α-hetero) is 4. The highest BCUT2D eigenvalue weighted by atomic mass is 16.3. The second-order valence-electron chi connectivity index (χ2n) is 14.3. The number of fused-ring (bicyclic) bond motifs is 3. The Morgan fingerprint density at radius 1 is 1.02 bits per heavy atom. The number of aromatic hydroxyl groups is 1. The van der Waals surface area contributed by atoms with Crippen LogP contribution in [0.4, 0.5) is 0 Å². The topological polar surface area (TPSA) is 149 Å². The molecule has 0 bridgehead atoms. The number of allylic oxidation sites excluding steroid dienone is 6. The Hall–Kier alpha value is -3.78. The van der Waals surface area contributed by atoms with Gasteiger partial charge in [0.15, 0.2) is 23.0 Å². The predicted octanol–water partition coefficient (Wildman–Crippen LogP) is 5.71. The Morgan fingerprint density at radius 3 is 2.18 bits per heavy atom. The average Bonchev–Trinajstić information content (AvgIpc) is 3.36. The minimum absolute atomic E-state index is 0.0260. The van der Waals surface area contributed by atoms with Crippen molar-refractivity contribution in [2.24, 2.45) is 28.6 Å². The van der Waals surface area contributed by atoms with Crippen molar-refractivity contribution in [2.45, 2.75) is 86.2 Å². The number of carbonyl (C=O) groups excluding carboxylic acids is 4. The zero-order valence-corrected chi connectivity index (χ0v) is 26.7. The smallest absolute Gasteiger partial charge is 0.209 e. The summed E-state index contributed by atoms with van der Waals surface area (Å²) in [5.41, 5.74) is -3.26.